The van der Waals surface area contributed by atoms with E-state index >= 15 is 0 Å². The number of hydrogen-bond acceptors (Lipinski definition) is 8. The molecule has 0 fully saturated rings. The van der Waals surface area contributed by atoms with Gasteiger partial charge in [0, 0.05) is 25.4 Å². The van der Waals surface area contributed by atoms with Gasteiger partial charge in [-0.1, -0.05) is 0 Å². The predicted molar refractivity (Wildman–Crippen MR) is 104 cm³/mol. The molecule has 0 amide bonds. The first kappa shape index (κ1) is 19.9. The van der Waals surface area contributed by atoms with Crippen LogP contribution in [0.4, 0.5) is 5.69 Å². The number of aromatic amines is 1. The summed E-state index contributed by atoms with van der Waals surface area (Å²) in [5, 5.41) is 31.2. The lowest BCUT2D eigenvalue weighted by Gasteiger charge is -2.19. The number of aromatic nitrogens is 4. The standard InChI is InChI=1S/C18H23N5O5/c1-10-8-13-14(9-12(10)19-4-7-25)23(5-2-11(26)3-6-24)16-15(20-13)17(27)22-18(28)21-16/h8-9,11,19,24-26H,2-7H2,1H3,(H,22,27,28)/t11-/m0/s1. The van der Waals surface area contributed by atoms with Crippen LogP contribution >= 0.6 is 0 Å². The van der Waals surface area contributed by atoms with Crippen LogP contribution in [-0.4, -0.2) is 60.7 Å². The van der Waals surface area contributed by atoms with Crippen molar-refractivity contribution in [2.75, 3.05) is 25.1 Å². The number of nitrogens with zero attached hydrogens (tertiary/aromatic N) is 3. The van der Waals surface area contributed by atoms with Gasteiger partial charge in [-0.25, -0.2) is 9.78 Å². The number of anilines is 1. The summed E-state index contributed by atoms with van der Waals surface area (Å²) in [7, 11) is 0. The van der Waals surface area contributed by atoms with E-state index in [0.29, 0.717) is 24.0 Å². The second kappa shape index (κ2) is 8.46. The second-order valence-electron chi connectivity index (χ2n) is 6.57. The fourth-order valence-electron chi connectivity index (χ4n) is 3.12. The molecule has 0 saturated heterocycles. The zero-order valence-corrected chi connectivity index (χ0v) is 15.5. The van der Waals surface area contributed by atoms with E-state index in [0.717, 1.165) is 11.3 Å². The molecule has 2 aliphatic heterocycles. The maximum Gasteiger partial charge on any atom is 0.349 e. The third-order valence-corrected chi connectivity index (χ3v) is 4.53. The van der Waals surface area contributed by atoms with E-state index < -0.39 is 17.4 Å². The van der Waals surface area contributed by atoms with Gasteiger partial charge in [-0.3, -0.25) is 9.78 Å². The Kier molecular flexibility index (Phi) is 6.02. The van der Waals surface area contributed by atoms with Crippen LogP contribution in [0.2, 0.25) is 0 Å². The van der Waals surface area contributed by atoms with Gasteiger partial charge in [-0.15, -0.1) is 0 Å². The molecule has 0 unspecified atom stereocenters. The monoisotopic (exact) mass is 389 g/mol. The number of aryl methyl sites for hydroxylation is 2. The number of H-pyrrole nitrogens is 1. The molecule has 0 aliphatic carbocycles. The molecule has 10 heteroatoms. The van der Waals surface area contributed by atoms with E-state index in [1.807, 2.05) is 13.0 Å². The molecule has 0 saturated carbocycles. The summed E-state index contributed by atoms with van der Waals surface area (Å²) < 4.78 is 1.68. The Hall–Kier alpha value is -2.82. The molecule has 0 spiro atoms. The maximum absolute atomic E-state index is 12.2. The van der Waals surface area contributed by atoms with E-state index in [9.17, 15) is 14.7 Å². The Balaban J connectivity index is 2.22. The van der Waals surface area contributed by atoms with Crippen LogP contribution in [0.15, 0.2) is 21.7 Å². The van der Waals surface area contributed by atoms with Crippen LogP contribution in [0, 0.1) is 6.92 Å². The quantitative estimate of drug-likeness (QED) is 0.321. The molecule has 1 aromatic rings. The summed E-state index contributed by atoms with van der Waals surface area (Å²) in [6.07, 6.45) is -0.206. The van der Waals surface area contributed by atoms with Gasteiger partial charge in [0.25, 0.3) is 5.56 Å². The molecule has 5 N–H and O–H groups in total. The van der Waals surface area contributed by atoms with Gasteiger partial charge in [0.05, 0.1) is 23.7 Å². The third kappa shape index (κ3) is 4.03. The summed E-state index contributed by atoms with van der Waals surface area (Å²) in [4.78, 5) is 34.4. The Labute approximate surface area is 159 Å². The average Bonchev–Trinajstić information content (AvgIpc) is 2.64. The molecule has 0 radical (unpaired) electrons. The first-order valence-corrected chi connectivity index (χ1v) is 9.03. The lowest BCUT2D eigenvalue weighted by molar-refractivity contribution is 0.121. The topological polar surface area (TPSA) is 153 Å². The van der Waals surface area contributed by atoms with Crippen molar-refractivity contribution >= 4 is 16.7 Å². The van der Waals surface area contributed by atoms with Crippen LogP contribution < -0.4 is 16.6 Å². The van der Waals surface area contributed by atoms with E-state index in [-0.39, 0.29) is 37.7 Å². The van der Waals surface area contributed by atoms with Gasteiger partial charge < -0.3 is 25.2 Å². The van der Waals surface area contributed by atoms with Crippen molar-refractivity contribution in [3.63, 3.8) is 0 Å². The van der Waals surface area contributed by atoms with Crippen molar-refractivity contribution in [2.45, 2.75) is 32.4 Å². The fourth-order valence-corrected chi connectivity index (χ4v) is 3.12. The first-order chi connectivity index (χ1) is 13.4. The van der Waals surface area contributed by atoms with E-state index in [4.69, 9.17) is 10.2 Å². The number of nitrogens with one attached hydrogen (secondary N) is 2. The lowest BCUT2D eigenvalue weighted by atomic mass is 10.1. The fraction of sp³-hybridized carbons (Fsp3) is 0.444. The average molecular weight is 389 g/mol. The third-order valence-electron chi connectivity index (χ3n) is 4.53. The zero-order valence-electron chi connectivity index (χ0n) is 15.5. The van der Waals surface area contributed by atoms with Crippen molar-refractivity contribution < 1.29 is 15.3 Å². The molecule has 0 aromatic heterocycles. The minimum atomic E-state index is -0.769. The smallest absolute Gasteiger partial charge is 0.349 e. The molecule has 150 valence electrons. The summed E-state index contributed by atoms with van der Waals surface area (Å²) in [6.45, 7) is 2.35. The van der Waals surface area contributed by atoms with E-state index in [1.54, 1.807) is 10.6 Å². The van der Waals surface area contributed by atoms with Crippen LogP contribution in [0.5, 0.6) is 0 Å². The molecule has 2 aliphatic rings. The summed E-state index contributed by atoms with van der Waals surface area (Å²) in [6, 6.07) is 3.62. The van der Waals surface area contributed by atoms with E-state index in [1.165, 1.54) is 0 Å². The Morgan fingerprint density at radius 1 is 1.18 bits per heavy atom. The number of hydrogen-bond donors (Lipinski definition) is 5. The number of benzene rings is 1. The molecular formula is C18H23N5O5. The van der Waals surface area contributed by atoms with Gasteiger partial charge in [0.1, 0.15) is 0 Å². The highest BCUT2D eigenvalue weighted by molar-refractivity contribution is 5.84. The second-order valence-corrected chi connectivity index (χ2v) is 6.57. The Bertz CT molecular complexity index is 1060. The number of fused-ring (bicyclic) bond motifs is 2. The van der Waals surface area contributed by atoms with Gasteiger partial charge in [-0.2, -0.15) is 4.98 Å². The van der Waals surface area contributed by atoms with Gasteiger partial charge in [0.2, 0.25) is 0 Å². The van der Waals surface area contributed by atoms with Crippen molar-refractivity contribution in [1.82, 2.24) is 19.5 Å². The molecule has 1 aromatic carbocycles. The highest BCUT2D eigenvalue weighted by Crippen LogP contribution is 2.27. The maximum atomic E-state index is 12.2. The van der Waals surface area contributed by atoms with Crippen molar-refractivity contribution in [2.24, 2.45) is 0 Å². The van der Waals surface area contributed by atoms with Crippen molar-refractivity contribution in [3.05, 3.63) is 38.5 Å². The zero-order chi connectivity index (χ0) is 20.3. The molecule has 2 heterocycles. The number of aliphatic hydroxyl groups excluding tert-OH is 3. The number of rotatable bonds is 8. The highest BCUT2D eigenvalue weighted by atomic mass is 16.3. The largest absolute Gasteiger partial charge is 0.396 e. The summed E-state index contributed by atoms with van der Waals surface area (Å²) in [5.41, 5.74) is 1.48. The Morgan fingerprint density at radius 2 is 1.96 bits per heavy atom. The van der Waals surface area contributed by atoms with Gasteiger partial charge in [-0.05, 0) is 37.5 Å². The van der Waals surface area contributed by atoms with Crippen LogP contribution in [0.25, 0.3) is 22.6 Å². The molecule has 28 heavy (non-hydrogen) atoms. The SMILES string of the molecule is Cc1cc2nc3c(=O)[nH]c(=O)nc-3n(CC[C@H](O)CCO)c2cc1NCCO. The van der Waals surface area contributed by atoms with Crippen LogP contribution in [-0.2, 0) is 6.54 Å². The Morgan fingerprint density at radius 3 is 2.68 bits per heavy atom. The normalized spacial score (nSPS) is 12.6. The summed E-state index contributed by atoms with van der Waals surface area (Å²) >= 11 is 0. The minimum absolute atomic E-state index is 0.0305. The lowest BCUT2D eigenvalue weighted by Crippen LogP contribution is -2.29. The predicted octanol–water partition coefficient (Wildman–Crippen LogP) is -0.569. The molecule has 0 bridgehead atoms. The highest BCUT2D eigenvalue weighted by Gasteiger charge is 2.20. The first-order valence-electron chi connectivity index (χ1n) is 9.03. The summed E-state index contributed by atoms with van der Waals surface area (Å²) in [5.74, 6) is 0.134. The minimum Gasteiger partial charge on any atom is -0.396 e. The van der Waals surface area contributed by atoms with Crippen molar-refractivity contribution in [3.8, 4) is 11.5 Å². The van der Waals surface area contributed by atoms with E-state index in [2.05, 4.69) is 20.3 Å². The van der Waals surface area contributed by atoms with Crippen LogP contribution in [0.1, 0.15) is 18.4 Å². The molecule has 10 nitrogen and oxygen atoms in total. The molecular weight excluding hydrogens is 366 g/mol. The molecule has 3 rings (SSSR count). The van der Waals surface area contributed by atoms with Gasteiger partial charge >= 0.3 is 5.69 Å². The van der Waals surface area contributed by atoms with Gasteiger partial charge in [0.15, 0.2) is 11.5 Å². The molecule has 1 atom stereocenters. The van der Waals surface area contributed by atoms with Crippen molar-refractivity contribution in [1.29, 1.82) is 0 Å². The number of aliphatic hydroxyl groups is 3. The van der Waals surface area contributed by atoms with Crippen LogP contribution in [0.3, 0.4) is 0 Å².